The first-order valence-electron chi connectivity index (χ1n) is 6.47. The molecule has 2 heterocycles. The molecule has 0 aliphatic carbocycles. The van der Waals surface area contributed by atoms with E-state index in [9.17, 15) is 5.11 Å². The van der Waals surface area contributed by atoms with Gasteiger partial charge in [-0.3, -0.25) is 0 Å². The Balaban J connectivity index is 2.26. The monoisotopic (exact) mass is 250 g/mol. The summed E-state index contributed by atoms with van der Waals surface area (Å²) in [7, 11) is 0. The topological polar surface area (TPSA) is 75.3 Å². The number of aromatic nitrogens is 2. The molecular weight excluding hydrogens is 228 g/mol. The molecule has 0 bridgehead atoms. The van der Waals surface area contributed by atoms with Crippen molar-refractivity contribution in [2.75, 3.05) is 23.7 Å². The van der Waals surface area contributed by atoms with Gasteiger partial charge in [-0.25, -0.2) is 9.97 Å². The van der Waals surface area contributed by atoms with Crippen LogP contribution in [0.25, 0.3) is 0 Å². The van der Waals surface area contributed by atoms with Gasteiger partial charge in [-0.1, -0.05) is 0 Å². The van der Waals surface area contributed by atoms with Gasteiger partial charge < -0.3 is 15.7 Å². The first kappa shape index (κ1) is 13.1. The van der Waals surface area contributed by atoms with Gasteiger partial charge in [0.25, 0.3) is 0 Å². The summed E-state index contributed by atoms with van der Waals surface area (Å²) in [4.78, 5) is 10.9. The Morgan fingerprint density at radius 1 is 1.22 bits per heavy atom. The minimum Gasteiger partial charge on any atom is -0.390 e. The van der Waals surface area contributed by atoms with E-state index in [1.165, 1.54) is 0 Å². The number of rotatable bonds is 1. The summed E-state index contributed by atoms with van der Waals surface area (Å²) in [5.41, 5.74) is 6.27. The molecule has 5 nitrogen and oxygen atoms in total. The molecule has 5 heteroatoms. The fourth-order valence-corrected chi connectivity index (χ4v) is 2.42. The summed E-state index contributed by atoms with van der Waals surface area (Å²) in [6.45, 7) is 7.43. The van der Waals surface area contributed by atoms with Crippen LogP contribution in [0.2, 0.25) is 0 Å². The Bertz CT molecular complexity index is 445. The zero-order valence-corrected chi connectivity index (χ0v) is 11.4. The fourth-order valence-electron chi connectivity index (χ4n) is 2.42. The van der Waals surface area contributed by atoms with E-state index in [2.05, 4.69) is 14.9 Å². The maximum absolute atomic E-state index is 10.1. The van der Waals surface area contributed by atoms with Crippen molar-refractivity contribution >= 4 is 11.6 Å². The fraction of sp³-hybridized carbons (Fsp3) is 0.692. The largest absolute Gasteiger partial charge is 0.390 e. The molecule has 1 unspecified atom stereocenters. The first-order valence-corrected chi connectivity index (χ1v) is 6.47. The number of anilines is 2. The van der Waals surface area contributed by atoms with E-state index in [1.807, 2.05) is 20.8 Å². The Kier molecular flexibility index (Phi) is 3.43. The van der Waals surface area contributed by atoms with Crippen LogP contribution in [0, 0.1) is 13.8 Å². The van der Waals surface area contributed by atoms with E-state index in [0.29, 0.717) is 11.6 Å². The molecule has 100 valence electrons. The average molecular weight is 250 g/mol. The van der Waals surface area contributed by atoms with E-state index in [4.69, 9.17) is 5.73 Å². The lowest BCUT2D eigenvalue weighted by molar-refractivity contribution is 0.0481. The third kappa shape index (κ3) is 2.72. The Morgan fingerprint density at radius 2 is 1.94 bits per heavy atom. The normalized spacial score (nSPS) is 25.0. The molecule has 1 aliphatic rings. The number of aliphatic hydroxyl groups is 1. The van der Waals surface area contributed by atoms with E-state index in [-0.39, 0.29) is 0 Å². The lowest BCUT2D eigenvalue weighted by Gasteiger charge is -2.25. The van der Waals surface area contributed by atoms with Crippen molar-refractivity contribution in [2.24, 2.45) is 0 Å². The quantitative estimate of drug-likeness (QED) is 0.788. The van der Waals surface area contributed by atoms with Crippen molar-refractivity contribution in [2.45, 2.75) is 45.6 Å². The summed E-state index contributed by atoms with van der Waals surface area (Å²) in [5.74, 6) is 2.16. The van der Waals surface area contributed by atoms with Crippen LogP contribution < -0.4 is 10.6 Å². The van der Waals surface area contributed by atoms with E-state index in [1.54, 1.807) is 0 Å². The second-order valence-corrected chi connectivity index (χ2v) is 5.44. The van der Waals surface area contributed by atoms with Crippen molar-refractivity contribution in [1.29, 1.82) is 0 Å². The Labute approximate surface area is 108 Å². The molecule has 1 saturated heterocycles. The van der Waals surface area contributed by atoms with Gasteiger partial charge in [-0.2, -0.15) is 0 Å². The van der Waals surface area contributed by atoms with Crippen LogP contribution in [0.5, 0.6) is 0 Å². The van der Waals surface area contributed by atoms with Gasteiger partial charge in [-0.05, 0) is 40.0 Å². The molecule has 1 aliphatic heterocycles. The number of aryl methyl sites for hydroxylation is 1. The van der Waals surface area contributed by atoms with Crippen molar-refractivity contribution in [3.63, 3.8) is 0 Å². The summed E-state index contributed by atoms with van der Waals surface area (Å²) >= 11 is 0. The molecule has 1 atom stereocenters. The van der Waals surface area contributed by atoms with Crippen LogP contribution in [0.4, 0.5) is 11.6 Å². The van der Waals surface area contributed by atoms with Gasteiger partial charge in [0.2, 0.25) is 0 Å². The third-order valence-electron chi connectivity index (χ3n) is 3.63. The first-order chi connectivity index (χ1) is 8.39. The van der Waals surface area contributed by atoms with Crippen LogP contribution in [0.3, 0.4) is 0 Å². The molecule has 0 radical (unpaired) electrons. The maximum Gasteiger partial charge on any atom is 0.137 e. The molecule has 1 fully saturated rings. The summed E-state index contributed by atoms with van der Waals surface area (Å²) < 4.78 is 0. The van der Waals surface area contributed by atoms with Gasteiger partial charge in [0.05, 0.1) is 5.60 Å². The molecule has 0 aromatic carbocycles. The maximum atomic E-state index is 10.1. The van der Waals surface area contributed by atoms with Gasteiger partial charge in [0.1, 0.15) is 17.5 Å². The minimum atomic E-state index is -0.559. The van der Waals surface area contributed by atoms with Crippen molar-refractivity contribution in [3.8, 4) is 0 Å². The minimum absolute atomic E-state index is 0.550. The van der Waals surface area contributed by atoms with Crippen molar-refractivity contribution in [3.05, 3.63) is 11.4 Å². The molecule has 3 N–H and O–H groups in total. The average Bonchev–Trinajstić information content (AvgIpc) is 2.45. The van der Waals surface area contributed by atoms with E-state index < -0.39 is 5.60 Å². The molecule has 1 aromatic rings. The Hall–Kier alpha value is -1.36. The third-order valence-corrected chi connectivity index (χ3v) is 3.63. The van der Waals surface area contributed by atoms with Crippen LogP contribution in [0.15, 0.2) is 0 Å². The van der Waals surface area contributed by atoms with Crippen molar-refractivity contribution < 1.29 is 5.11 Å². The zero-order chi connectivity index (χ0) is 13.3. The highest BCUT2D eigenvalue weighted by molar-refractivity contribution is 5.56. The zero-order valence-electron chi connectivity index (χ0n) is 11.4. The molecule has 1 aromatic heterocycles. The number of hydrogen-bond acceptors (Lipinski definition) is 5. The standard InChI is InChI=1S/C13H22N4O/c1-9-11(14)15-10(2)16-12(9)17-7-4-5-13(3,18)6-8-17/h18H,4-8H2,1-3H3,(H2,14,15,16). The highest BCUT2D eigenvalue weighted by Crippen LogP contribution is 2.27. The molecule has 0 spiro atoms. The van der Waals surface area contributed by atoms with Crippen LogP contribution >= 0.6 is 0 Å². The van der Waals surface area contributed by atoms with Crippen LogP contribution in [-0.2, 0) is 0 Å². The van der Waals surface area contributed by atoms with Crippen molar-refractivity contribution in [1.82, 2.24) is 9.97 Å². The van der Waals surface area contributed by atoms with E-state index in [0.717, 1.165) is 43.7 Å². The Morgan fingerprint density at radius 3 is 2.67 bits per heavy atom. The molecule has 18 heavy (non-hydrogen) atoms. The van der Waals surface area contributed by atoms with Gasteiger partial charge in [-0.15, -0.1) is 0 Å². The molecular formula is C13H22N4O. The van der Waals surface area contributed by atoms with E-state index >= 15 is 0 Å². The highest BCUT2D eigenvalue weighted by Gasteiger charge is 2.26. The predicted octanol–water partition coefficient (Wildman–Crippen LogP) is 1.42. The van der Waals surface area contributed by atoms with Gasteiger partial charge >= 0.3 is 0 Å². The smallest absolute Gasteiger partial charge is 0.137 e. The number of nitrogens with two attached hydrogens (primary N) is 1. The number of hydrogen-bond donors (Lipinski definition) is 2. The number of nitrogens with zero attached hydrogens (tertiary/aromatic N) is 3. The molecule has 0 amide bonds. The van der Waals surface area contributed by atoms with Gasteiger partial charge in [0, 0.05) is 18.7 Å². The lowest BCUT2D eigenvalue weighted by atomic mass is 9.98. The summed E-state index contributed by atoms with van der Waals surface area (Å²) in [6.07, 6.45) is 2.56. The summed E-state index contributed by atoms with van der Waals surface area (Å²) in [5, 5.41) is 10.1. The lowest BCUT2D eigenvalue weighted by Crippen LogP contribution is -2.29. The second kappa shape index (κ2) is 4.72. The van der Waals surface area contributed by atoms with Crippen LogP contribution in [-0.4, -0.2) is 33.8 Å². The predicted molar refractivity (Wildman–Crippen MR) is 72.6 cm³/mol. The second-order valence-electron chi connectivity index (χ2n) is 5.44. The molecule has 0 saturated carbocycles. The number of nitrogen functional groups attached to an aromatic ring is 1. The summed E-state index contributed by atoms with van der Waals surface area (Å²) in [6, 6.07) is 0. The van der Waals surface area contributed by atoms with Crippen LogP contribution in [0.1, 0.15) is 37.6 Å². The molecule has 2 rings (SSSR count). The van der Waals surface area contributed by atoms with Gasteiger partial charge in [0.15, 0.2) is 0 Å². The SMILES string of the molecule is Cc1nc(N)c(C)c(N2CCCC(C)(O)CC2)n1. The highest BCUT2D eigenvalue weighted by atomic mass is 16.3.